The zero-order chi connectivity index (χ0) is 15.8. The van der Waals surface area contributed by atoms with Crippen LogP contribution >= 0.6 is 11.3 Å². The SMILES string of the molecule is CC(O)c1ccnc2nc(-c3cc(N4CCNCC4)cs3)[nH]c12. The van der Waals surface area contributed by atoms with Crippen molar-refractivity contribution in [1.29, 1.82) is 0 Å². The standard InChI is InChI=1S/C16H19N5OS/c1-10(22)12-2-3-18-16-14(12)19-15(20-16)13-8-11(9-23-13)21-6-4-17-5-7-21/h2-3,8-10,17,22H,4-7H2,1H3,(H,18,19,20). The Hall–Kier alpha value is -1.96. The minimum absolute atomic E-state index is 0.548. The number of imidazole rings is 1. The molecule has 1 aliphatic rings. The third kappa shape index (κ3) is 2.71. The van der Waals surface area contributed by atoms with Crippen LogP contribution < -0.4 is 10.2 Å². The number of hydrogen-bond acceptors (Lipinski definition) is 6. The lowest BCUT2D eigenvalue weighted by Gasteiger charge is -2.28. The molecule has 6 nitrogen and oxygen atoms in total. The molecule has 0 amide bonds. The van der Waals surface area contributed by atoms with Crippen molar-refractivity contribution in [2.45, 2.75) is 13.0 Å². The highest BCUT2D eigenvalue weighted by atomic mass is 32.1. The first kappa shape index (κ1) is 14.6. The van der Waals surface area contributed by atoms with Gasteiger partial charge in [0.15, 0.2) is 11.5 Å². The van der Waals surface area contributed by atoms with Crippen molar-refractivity contribution < 1.29 is 5.11 Å². The zero-order valence-corrected chi connectivity index (χ0v) is 13.7. The van der Waals surface area contributed by atoms with Crippen molar-refractivity contribution in [1.82, 2.24) is 20.3 Å². The van der Waals surface area contributed by atoms with Crippen LogP contribution in [-0.2, 0) is 0 Å². The highest BCUT2D eigenvalue weighted by Crippen LogP contribution is 2.32. The average molecular weight is 329 g/mol. The molecule has 1 saturated heterocycles. The number of anilines is 1. The number of piperazine rings is 1. The van der Waals surface area contributed by atoms with Crippen LogP contribution in [0.1, 0.15) is 18.6 Å². The van der Waals surface area contributed by atoms with Gasteiger partial charge in [-0.15, -0.1) is 11.3 Å². The van der Waals surface area contributed by atoms with Gasteiger partial charge in [-0.1, -0.05) is 0 Å². The van der Waals surface area contributed by atoms with Gasteiger partial charge in [-0.3, -0.25) is 0 Å². The molecule has 0 bridgehead atoms. The third-order valence-corrected chi connectivity index (χ3v) is 5.10. The van der Waals surface area contributed by atoms with E-state index in [1.165, 1.54) is 5.69 Å². The van der Waals surface area contributed by atoms with Crippen molar-refractivity contribution in [2.24, 2.45) is 0 Å². The van der Waals surface area contributed by atoms with Crippen LogP contribution in [0.25, 0.3) is 21.9 Å². The quantitative estimate of drug-likeness (QED) is 0.686. The van der Waals surface area contributed by atoms with Gasteiger partial charge in [0.25, 0.3) is 0 Å². The number of aliphatic hydroxyl groups is 1. The fourth-order valence-electron chi connectivity index (χ4n) is 2.93. The average Bonchev–Trinajstić information content (AvgIpc) is 3.21. The summed E-state index contributed by atoms with van der Waals surface area (Å²) in [5.74, 6) is 0.812. The first-order valence-electron chi connectivity index (χ1n) is 7.79. The summed E-state index contributed by atoms with van der Waals surface area (Å²) in [6.07, 6.45) is 1.14. The molecule has 1 unspecified atom stereocenters. The Kier molecular flexibility index (Phi) is 3.76. The number of pyridine rings is 1. The van der Waals surface area contributed by atoms with Crippen LogP contribution in [0.5, 0.6) is 0 Å². The van der Waals surface area contributed by atoms with Gasteiger partial charge in [-0.25, -0.2) is 9.97 Å². The molecule has 0 aromatic carbocycles. The molecule has 3 aromatic rings. The van der Waals surface area contributed by atoms with Gasteiger partial charge in [0.1, 0.15) is 0 Å². The minimum atomic E-state index is -0.548. The molecule has 120 valence electrons. The smallest absolute Gasteiger partial charge is 0.178 e. The molecule has 4 heterocycles. The van der Waals surface area contributed by atoms with E-state index < -0.39 is 6.10 Å². The lowest BCUT2D eigenvalue weighted by molar-refractivity contribution is 0.200. The maximum absolute atomic E-state index is 9.89. The normalized spacial score (nSPS) is 16.9. The molecule has 23 heavy (non-hydrogen) atoms. The molecule has 0 radical (unpaired) electrons. The highest BCUT2D eigenvalue weighted by molar-refractivity contribution is 7.14. The molecular weight excluding hydrogens is 310 g/mol. The van der Waals surface area contributed by atoms with Crippen LogP contribution in [0, 0.1) is 0 Å². The Balaban J connectivity index is 1.69. The second kappa shape index (κ2) is 5.92. The van der Waals surface area contributed by atoms with E-state index in [9.17, 15) is 5.11 Å². The predicted molar refractivity (Wildman–Crippen MR) is 92.9 cm³/mol. The number of aromatic amines is 1. The Bertz CT molecular complexity index is 819. The van der Waals surface area contributed by atoms with Crippen molar-refractivity contribution in [3.8, 4) is 10.7 Å². The number of aliphatic hydroxyl groups excluding tert-OH is 1. The lowest BCUT2D eigenvalue weighted by Crippen LogP contribution is -2.43. The summed E-state index contributed by atoms with van der Waals surface area (Å²) in [4.78, 5) is 15.7. The molecule has 0 spiro atoms. The van der Waals surface area contributed by atoms with Gasteiger partial charge in [0.2, 0.25) is 0 Å². The summed E-state index contributed by atoms with van der Waals surface area (Å²) in [6, 6.07) is 4.01. The summed E-state index contributed by atoms with van der Waals surface area (Å²) in [5.41, 5.74) is 3.54. The topological polar surface area (TPSA) is 77.1 Å². The Morgan fingerprint density at radius 2 is 2.17 bits per heavy atom. The lowest BCUT2D eigenvalue weighted by atomic mass is 10.1. The van der Waals surface area contributed by atoms with Crippen LogP contribution in [-0.4, -0.2) is 46.2 Å². The molecule has 0 saturated carbocycles. The number of thiophene rings is 1. The van der Waals surface area contributed by atoms with E-state index in [-0.39, 0.29) is 0 Å². The summed E-state index contributed by atoms with van der Waals surface area (Å²) >= 11 is 1.68. The maximum atomic E-state index is 9.89. The molecule has 3 aromatic heterocycles. The van der Waals surface area contributed by atoms with Crippen molar-refractivity contribution in [3.05, 3.63) is 29.3 Å². The first-order valence-corrected chi connectivity index (χ1v) is 8.67. The van der Waals surface area contributed by atoms with Gasteiger partial charge in [0, 0.05) is 49.0 Å². The fourth-order valence-corrected chi connectivity index (χ4v) is 3.80. The minimum Gasteiger partial charge on any atom is -0.389 e. The molecule has 0 aliphatic carbocycles. The van der Waals surface area contributed by atoms with E-state index in [0.717, 1.165) is 48.0 Å². The molecule has 3 N–H and O–H groups in total. The fraction of sp³-hybridized carbons (Fsp3) is 0.375. The monoisotopic (exact) mass is 329 g/mol. The number of aromatic nitrogens is 3. The third-order valence-electron chi connectivity index (χ3n) is 4.18. The van der Waals surface area contributed by atoms with Crippen LogP contribution in [0.15, 0.2) is 23.7 Å². The van der Waals surface area contributed by atoms with E-state index in [1.807, 2.05) is 6.07 Å². The van der Waals surface area contributed by atoms with Gasteiger partial charge >= 0.3 is 0 Å². The highest BCUT2D eigenvalue weighted by Gasteiger charge is 2.16. The number of fused-ring (bicyclic) bond motifs is 1. The first-order chi connectivity index (χ1) is 11.2. The van der Waals surface area contributed by atoms with Crippen LogP contribution in [0.4, 0.5) is 5.69 Å². The van der Waals surface area contributed by atoms with Gasteiger partial charge in [0.05, 0.1) is 16.5 Å². The van der Waals surface area contributed by atoms with Crippen LogP contribution in [0.2, 0.25) is 0 Å². The molecule has 7 heteroatoms. The molecule has 1 atom stereocenters. The van der Waals surface area contributed by atoms with E-state index in [4.69, 9.17) is 0 Å². The van der Waals surface area contributed by atoms with Crippen LogP contribution in [0.3, 0.4) is 0 Å². The van der Waals surface area contributed by atoms with Gasteiger partial charge < -0.3 is 20.3 Å². The zero-order valence-electron chi connectivity index (χ0n) is 12.9. The Labute approximate surface area is 138 Å². The molecular formula is C16H19N5OS. The molecule has 1 aliphatic heterocycles. The van der Waals surface area contributed by atoms with Gasteiger partial charge in [-0.05, 0) is 19.1 Å². The van der Waals surface area contributed by atoms with Crippen molar-refractivity contribution in [3.63, 3.8) is 0 Å². The number of nitrogens with zero attached hydrogens (tertiary/aromatic N) is 3. The summed E-state index contributed by atoms with van der Waals surface area (Å²) in [6.45, 7) is 5.87. The summed E-state index contributed by atoms with van der Waals surface area (Å²) < 4.78 is 0. The van der Waals surface area contributed by atoms with Gasteiger partial charge in [-0.2, -0.15) is 0 Å². The maximum Gasteiger partial charge on any atom is 0.178 e. The largest absolute Gasteiger partial charge is 0.389 e. The van der Waals surface area contributed by atoms with Crippen molar-refractivity contribution >= 4 is 28.2 Å². The molecule has 1 fully saturated rings. The Morgan fingerprint density at radius 3 is 2.96 bits per heavy atom. The van der Waals surface area contributed by atoms with E-state index in [0.29, 0.717) is 5.65 Å². The number of H-pyrrole nitrogens is 1. The number of rotatable bonds is 3. The Morgan fingerprint density at radius 1 is 1.35 bits per heavy atom. The number of nitrogens with one attached hydrogen (secondary N) is 2. The predicted octanol–water partition coefficient (Wildman–Crippen LogP) is 2.15. The molecule has 4 rings (SSSR count). The second-order valence-corrected chi connectivity index (χ2v) is 6.68. The number of hydrogen-bond donors (Lipinski definition) is 3. The van der Waals surface area contributed by atoms with E-state index in [2.05, 4.69) is 36.6 Å². The summed E-state index contributed by atoms with van der Waals surface area (Å²) in [7, 11) is 0. The second-order valence-electron chi connectivity index (χ2n) is 5.77. The van der Waals surface area contributed by atoms with Crippen molar-refractivity contribution in [2.75, 3.05) is 31.1 Å². The van der Waals surface area contributed by atoms with E-state index in [1.54, 1.807) is 24.5 Å². The summed E-state index contributed by atoms with van der Waals surface area (Å²) in [5, 5.41) is 15.4. The van der Waals surface area contributed by atoms with E-state index >= 15 is 0 Å².